The van der Waals surface area contributed by atoms with Gasteiger partial charge in [-0.3, -0.25) is 9.59 Å². The predicted octanol–water partition coefficient (Wildman–Crippen LogP) is 0.129. The Morgan fingerprint density at radius 3 is 2.25 bits per heavy atom. The Labute approximate surface area is 121 Å². The van der Waals surface area contributed by atoms with E-state index in [4.69, 9.17) is 11.5 Å². The van der Waals surface area contributed by atoms with Crippen molar-refractivity contribution in [2.45, 2.75) is 59.1 Å². The van der Waals surface area contributed by atoms with Crippen molar-refractivity contribution >= 4 is 11.8 Å². The van der Waals surface area contributed by atoms with Gasteiger partial charge in [-0.2, -0.15) is 0 Å². The zero-order valence-corrected chi connectivity index (χ0v) is 13.0. The lowest BCUT2D eigenvalue weighted by atomic mass is 9.87. The fourth-order valence-corrected chi connectivity index (χ4v) is 1.86. The van der Waals surface area contributed by atoms with Gasteiger partial charge < -0.3 is 21.9 Å². The minimum absolute atomic E-state index is 0.0795. The molecule has 0 aliphatic heterocycles. The van der Waals surface area contributed by atoms with Crippen LogP contribution in [0.4, 0.5) is 0 Å². The third-order valence-corrected chi connectivity index (χ3v) is 3.32. The lowest BCUT2D eigenvalue weighted by molar-refractivity contribution is -0.125. The molecule has 3 atom stereocenters. The number of primary amides is 1. The van der Waals surface area contributed by atoms with Crippen LogP contribution in [0.2, 0.25) is 0 Å². The van der Waals surface area contributed by atoms with Crippen LogP contribution in [0.5, 0.6) is 0 Å². The molecule has 0 saturated carbocycles. The molecule has 6 N–H and O–H groups in total. The van der Waals surface area contributed by atoms with Gasteiger partial charge in [0.15, 0.2) is 0 Å². The SMILES string of the molecule is CCC[C@H](C[C@H](O)CNC(=O)[C@@H](N)C(C)(C)C)C(N)=O. The molecule has 6 nitrogen and oxygen atoms in total. The summed E-state index contributed by atoms with van der Waals surface area (Å²) in [6.07, 6.45) is 0.924. The third kappa shape index (κ3) is 6.86. The van der Waals surface area contributed by atoms with E-state index in [1.807, 2.05) is 27.7 Å². The first-order valence-electron chi connectivity index (χ1n) is 7.10. The van der Waals surface area contributed by atoms with Gasteiger partial charge in [-0.1, -0.05) is 34.1 Å². The Kier molecular flexibility index (Phi) is 7.75. The number of aliphatic hydroxyl groups excluding tert-OH is 1. The molecule has 6 heteroatoms. The summed E-state index contributed by atoms with van der Waals surface area (Å²) < 4.78 is 0. The highest BCUT2D eigenvalue weighted by Gasteiger charge is 2.28. The number of nitrogens with one attached hydrogen (secondary N) is 1. The molecule has 0 spiro atoms. The third-order valence-electron chi connectivity index (χ3n) is 3.32. The summed E-state index contributed by atoms with van der Waals surface area (Å²) >= 11 is 0. The van der Waals surface area contributed by atoms with Crippen molar-refractivity contribution in [1.82, 2.24) is 5.32 Å². The molecule has 0 heterocycles. The van der Waals surface area contributed by atoms with Crippen LogP contribution in [0.3, 0.4) is 0 Å². The maximum absolute atomic E-state index is 11.8. The van der Waals surface area contributed by atoms with Crippen molar-refractivity contribution in [2.24, 2.45) is 22.8 Å². The number of aliphatic hydroxyl groups is 1. The van der Waals surface area contributed by atoms with Gasteiger partial charge in [-0.15, -0.1) is 0 Å². The Hall–Kier alpha value is -1.14. The van der Waals surface area contributed by atoms with Gasteiger partial charge in [0.05, 0.1) is 12.1 Å². The van der Waals surface area contributed by atoms with Gasteiger partial charge in [-0.25, -0.2) is 0 Å². The molecule has 0 saturated heterocycles. The highest BCUT2D eigenvalue weighted by atomic mass is 16.3. The number of rotatable bonds is 8. The lowest BCUT2D eigenvalue weighted by Crippen LogP contribution is -2.50. The number of nitrogens with two attached hydrogens (primary N) is 2. The number of hydrogen-bond acceptors (Lipinski definition) is 4. The molecule has 2 amide bonds. The molecule has 0 bridgehead atoms. The summed E-state index contributed by atoms with van der Waals surface area (Å²) in [4.78, 5) is 23.0. The number of carbonyl (C=O) groups excluding carboxylic acids is 2. The second-order valence-electron chi connectivity index (χ2n) is 6.37. The molecular weight excluding hydrogens is 258 g/mol. The van der Waals surface area contributed by atoms with Gasteiger partial charge in [-0.05, 0) is 18.3 Å². The van der Waals surface area contributed by atoms with E-state index in [0.717, 1.165) is 6.42 Å². The fraction of sp³-hybridized carbons (Fsp3) is 0.857. The van der Waals surface area contributed by atoms with E-state index in [1.165, 1.54) is 0 Å². The molecule has 0 aromatic carbocycles. The van der Waals surface area contributed by atoms with Crippen LogP contribution in [-0.4, -0.2) is 35.6 Å². The van der Waals surface area contributed by atoms with Crippen molar-refractivity contribution in [3.8, 4) is 0 Å². The Morgan fingerprint density at radius 1 is 1.30 bits per heavy atom. The monoisotopic (exact) mass is 287 g/mol. The quantitative estimate of drug-likeness (QED) is 0.507. The Morgan fingerprint density at radius 2 is 1.85 bits per heavy atom. The van der Waals surface area contributed by atoms with E-state index in [-0.39, 0.29) is 30.2 Å². The van der Waals surface area contributed by atoms with Crippen molar-refractivity contribution in [3.05, 3.63) is 0 Å². The van der Waals surface area contributed by atoms with Gasteiger partial charge in [0, 0.05) is 12.5 Å². The van der Waals surface area contributed by atoms with Crippen LogP contribution < -0.4 is 16.8 Å². The van der Waals surface area contributed by atoms with Gasteiger partial charge >= 0.3 is 0 Å². The number of hydrogen-bond donors (Lipinski definition) is 4. The van der Waals surface area contributed by atoms with E-state index in [0.29, 0.717) is 6.42 Å². The first-order valence-corrected chi connectivity index (χ1v) is 7.10. The average molecular weight is 287 g/mol. The zero-order valence-electron chi connectivity index (χ0n) is 13.0. The maximum atomic E-state index is 11.8. The van der Waals surface area contributed by atoms with Crippen LogP contribution in [0.1, 0.15) is 47.0 Å². The van der Waals surface area contributed by atoms with Crippen LogP contribution in [-0.2, 0) is 9.59 Å². The highest BCUT2D eigenvalue weighted by molar-refractivity contribution is 5.82. The molecule has 0 aromatic heterocycles. The van der Waals surface area contributed by atoms with Gasteiger partial charge in [0.2, 0.25) is 11.8 Å². The average Bonchev–Trinajstić information content (AvgIpc) is 2.33. The second kappa shape index (κ2) is 8.21. The van der Waals surface area contributed by atoms with Crippen molar-refractivity contribution in [2.75, 3.05) is 6.54 Å². The summed E-state index contributed by atoms with van der Waals surface area (Å²) in [5.74, 6) is -1.07. The van der Waals surface area contributed by atoms with Gasteiger partial charge in [0.1, 0.15) is 0 Å². The molecule has 0 unspecified atom stereocenters. The summed E-state index contributed by atoms with van der Waals surface area (Å²) in [5, 5.41) is 12.5. The van der Waals surface area contributed by atoms with E-state index in [1.54, 1.807) is 0 Å². The first kappa shape index (κ1) is 18.9. The highest BCUT2D eigenvalue weighted by Crippen LogP contribution is 2.17. The first-order chi connectivity index (χ1) is 9.09. The van der Waals surface area contributed by atoms with Crippen molar-refractivity contribution in [1.29, 1.82) is 0 Å². The maximum Gasteiger partial charge on any atom is 0.237 e. The second-order valence-corrected chi connectivity index (χ2v) is 6.37. The van der Waals surface area contributed by atoms with Crippen molar-refractivity contribution < 1.29 is 14.7 Å². The Bertz CT molecular complexity index is 326. The largest absolute Gasteiger partial charge is 0.391 e. The fourth-order valence-electron chi connectivity index (χ4n) is 1.86. The van der Waals surface area contributed by atoms with Crippen LogP contribution in [0.25, 0.3) is 0 Å². The minimum Gasteiger partial charge on any atom is -0.391 e. The van der Waals surface area contributed by atoms with E-state index in [2.05, 4.69) is 5.32 Å². The molecule has 20 heavy (non-hydrogen) atoms. The van der Waals surface area contributed by atoms with Crippen LogP contribution in [0, 0.1) is 11.3 Å². The zero-order chi connectivity index (χ0) is 15.9. The van der Waals surface area contributed by atoms with E-state index in [9.17, 15) is 14.7 Å². The Balaban J connectivity index is 4.25. The van der Waals surface area contributed by atoms with Crippen LogP contribution in [0.15, 0.2) is 0 Å². The topological polar surface area (TPSA) is 118 Å². The van der Waals surface area contributed by atoms with Crippen molar-refractivity contribution in [3.63, 3.8) is 0 Å². The van der Waals surface area contributed by atoms with E-state index >= 15 is 0 Å². The summed E-state index contributed by atoms with van der Waals surface area (Å²) in [7, 11) is 0. The molecule has 0 radical (unpaired) electrons. The van der Waals surface area contributed by atoms with Crippen LogP contribution >= 0.6 is 0 Å². The molecule has 118 valence electrons. The molecule has 0 fully saturated rings. The predicted molar refractivity (Wildman–Crippen MR) is 78.7 cm³/mol. The smallest absolute Gasteiger partial charge is 0.237 e. The molecule has 0 aliphatic rings. The summed E-state index contributed by atoms with van der Waals surface area (Å²) in [5.41, 5.74) is 10.7. The van der Waals surface area contributed by atoms with E-state index < -0.39 is 18.1 Å². The van der Waals surface area contributed by atoms with Gasteiger partial charge in [0.25, 0.3) is 0 Å². The molecule has 0 aliphatic carbocycles. The molecule has 0 aromatic rings. The normalized spacial score (nSPS) is 16.3. The number of amides is 2. The lowest BCUT2D eigenvalue weighted by Gasteiger charge is -2.26. The number of carbonyl (C=O) groups is 2. The molecule has 0 rings (SSSR count). The summed E-state index contributed by atoms with van der Waals surface area (Å²) in [6.45, 7) is 7.65. The summed E-state index contributed by atoms with van der Waals surface area (Å²) in [6, 6.07) is -0.641. The molecular formula is C14H29N3O3. The standard InChI is InChI=1S/C14H29N3O3/c1-5-6-9(12(16)19)7-10(18)8-17-13(20)11(15)14(2,3)4/h9-11,18H,5-8,15H2,1-4H3,(H2,16,19)(H,17,20)/t9-,10+,11-/m1/s1. The minimum atomic E-state index is -0.796.